The molecule has 0 aliphatic rings. The Morgan fingerprint density at radius 3 is 2.28 bits per heavy atom. The van der Waals surface area contributed by atoms with Crippen molar-refractivity contribution in [1.29, 1.82) is 0 Å². The van der Waals surface area contributed by atoms with Crippen molar-refractivity contribution < 1.29 is 14.3 Å². The van der Waals surface area contributed by atoms with Crippen molar-refractivity contribution in [3.8, 4) is 0 Å². The van der Waals surface area contributed by atoms with Crippen molar-refractivity contribution in [3.05, 3.63) is 58.1 Å². The first kappa shape index (κ1) is 22.9. The first-order valence-electron chi connectivity index (χ1n) is 9.43. The smallest absolute Gasteiger partial charge is 0.238 e. The highest BCUT2D eigenvalue weighted by atomic mass is 35.5. The van der Waals surface area contributed by atoms with Crippen LogP contribution in [0.3, 0.4) is 0 Å². The minimum absolute atomic E-state index is 0.0650. The van der Waals surface area contributed by atoms with Gasteiger partial charge in [-0.2, -0.15) is 0 Å². The standard InChI is InChI=1S/C22H28ClN3O3/c1-15-6-5-7-19(17(15)3)24-21(27)13-26(10-11-29-4)14-22(28)25-20-12-18(23)9-8-16(20)2/h5-9,12H,10-11,13-14H2,1-4H3,(H,24,27)(H,25,28). The van der Waals surface area contributed by atoms with E-state index in [-0.39, 0.29) is 24.9 Å². The fourth-order valence-corrected chi connectivity index (χ4v) is 3.01. The lowest BCUT2D eigenvalue weighted by Gasteiger charge is -2.21. The maximum Gasteiger partial charge on any atom is 0.238 e. The van der Waals surface area contributed by atoms with Crippen LogP contribution in [0.15, 0.2) is 36.4 Å². The monoisotopic (exact) mass is 417 g/mol. The molecule has 0 aliphatic heterocycles. The third-order valence-electron chi connectivity index (χ3n) is 4.70. The van der Waals surface area contributed by atoms with Gasteiger partial charge in [0.25, 0.3) is 0 Å². The molecule has 6 nitrogen and oxygen atoms in total. The number of hydrogen-bond acceptors (Lipinski definition) is 4. The summed E-state index contributed by atoms with van der Waals surface area (Å²) in [6, 6.07) is 11.1. The molecule has 156 valence electrons. The number of methoxy groups -OCH3 is 1. The third-order valence-corrected chi connectivity index (χ3v) is 4.93. The molecule has 2 N–H and O–H groups in total. The van der Waals surface area contributed by atoms with Gasteiger partial charge in [-0.15, -0.1) is 0 Å². The average Bonchev–Trinajstić information content (AvgIpc) is 2.66. The molecule has 7 heteroatoms. The van der Waals surface area contributed by atoms with Crippen molar-refractivity contribution in [2.45, 2.75) is 20.8 Å². The molecular weight excluding hydrogens is 390 g/mol. The zero-order chi connectivity index (χ0) is 21.4. The van der Waals surface area contributed by atoms with Crippen LogP contribution in [-0.2, 0) is 14.3 Å². The summed E-state index contributed by atoms with van der Waals surface area (Å²) in [5.41, 5.74) is 4.49. The Hall–Kier alpha value is -2.41. The Labute approximate surface area is 177 Å². The molecule has 0 saturated heterocycles. The van der Waals surface area contributed by atoms with Gasteiger partial charge < -0.3 is 15.4 Å². The number of nitrogens with one attached hydrogen (secondary N) is 2. The molecule has 2 rings (SSSR count). The summed E-state index contributed by atoms with van der Waals surface area (Å²) < 4.78 is 5.12. The van der Waals surface area contributed by atoms with E-state index < -0.39 is 0 Å². The Kier molecular flexibility index (Phi) is 8.64. The molecule has 0 fully saturated rings. The van der Waals surface area contributed by atoms with E-state index in [1.807, 2.05) is 45.0 Å². The molecule has 0 aromatic heterocycles. The van der Waals surface area contributed by atoms with Crippen molar-refractivity contribution in [2.24, 2.45) is 0 Å². The fraction of sp³-hybridized carbons (Fsp3) is 0.364. The second-order valence-corrected chi connectivity index (χ2v) is 7.44. The second kappa shape index (κ2) is 11.0. The van der Waals surface area contributed by atoms with Crippen LogP contribution in [0.4, 0.5) is 11.4 Å². The van der Waals surface area contributed by atoms with Crippen LogP contribution in [0, 0.1) is 20.8 Å². The van der Waals surface area contributed by atoms with Gasteiger partial charge in [0, 0.05) is 30.1 Å². The highest BCUT2D eigenvalue weighted by Crippen LogP contribution is 2.20. The van der Waals surface area contributed by atoms with Crippen LogP contribution in [0.5, 0.6) is 0 Å². The lowest BCUT2D eigenvalue weighted by atomic mass is 10.1. The molecule has 29 heavy (non-hydrogen) atoms. The number of nitrogens with zero attached hydrogens (tertiary/aromatic N) is 1. The summed E-state index contributed by atoms with van der Waals surface area (Å²) in [6.45, 7) is 6.88. The van der Waals surface area contributed by atoms with E-state index in [2.05, 4.69) is 10.6 Å². The minimum atomic E-state index is -0.217. The van der Waals surface area contributed by atoms with Crippen molar-refractivity contribution in [2.75, 3.05) is 44.0 Å². The number of carbonyl (C=O) groups is 2. The van der Waals surface area contributed by atoms with E-state index >= 15 is 0 Å². The lowest BCUT2D eigenvalue weighted by molar-refractivity contribution is -0.120. The maximum absolute atomic E-state index is 12.5. The van der Waals surface area contributed by atoms with E-state index in [0.29, 0.717) is 23.9 Å². The SMILES string of the molecule is COCCN(CC(=O)Nc1cc(Cl)ccc1C)CC(=O)Nc1cccc(C)c1C. The zero-order valence-electron chi connectivity index (χ0n) is 17.3. The van der Waals surface area contributed by atoms with Crippen LogP contribution < -0.4 is 10.6 Å². The topological polar surface area (TPSA) is 70.7 Å². The summed E-state index contributed by atoms with van der Waals surface area (Å²) >= 11 is 6.01. The van der Waals surface area contributed by atoms with Crippen LogP contribution >= 0.6 is 11.6 Å². The lowest BCUT2D eigenvalue weighted by Crippen LogP contribution is -2.40. The van der Waals surface area contributed by atoms with E-state index in [9.17, 15) is 9.59 Å². The van der Waals surface area contributed by atoms with Gasteiger partial charge in [0.15, 0.2) is 0 Å². The predicted molar refractivity (Wildman–Crippen MR) is 118 cm³/mol. The van der Waals surface area contributed by atoms with Gasteiger partial charge in [-0.05, 0) is 55.7 Å². The average molecular weight is 418 g/mol. The number of ether oxygens (including phenoxy) is 1. The van der Waals surface area contributed by atoms with E-state index in [1.165, 1.54) is 0 Å². The van der Waals surface area contributed by atoms with Crippen molar-refractivity contribution in [3.63, 3.8) is 0 Å². The highest BCUT2D eigenvalue weighted by Gasteiger charge is 2.16. The third kappa shape index (κ3) is 7.16. The van der Waals surface area contributed by atoms with Crippen LogP contribution in [0.1, 0.15) is 16.7 Å². The minimum Gasteiger partial charge on any atom is -0.383 e. The first-order valence-corrected chi connectivity index (χ1v) is 9.81. The molecule has 0 radical (unpaired) electrons. The van der Waals surface area contributed by atoms with Crippen LogP contribution in [0.2, 0.25) is 5.02 Å². The fourth-order valence-electron chi connectivity index (χ4n) is 2.84. The zero-order valence-corrected chi connectivity index (χ0v) is 18.1. The molecule has 0 aliphatic carbocycles. The summed E-state index contributed by atoms with van der Waals surface area (Å²) in [5.74, 6) is -0.396. The summed E-state index contributed by atoms with van der Waals surface area (Å²) in [6.07, 6.45) is 0. The maximum atomic E-state index is 12.5. The van der Waals surface area contributed by atoms with Crippen LogP contribution in [0.25, 0.3) is 0 Å². The number of anilines is 2. The molecule has 0 saturated carbocycles. The Bertz CT molecular complexity index is 852. The van der Waals surface area contributed by atoms with Gasteiger partial charge >= 0.3 is 0 Å². The first-order chi connectivity index (χ1) is 13.8. The second-order valence-electron chi connectivity index (χ2n) is 7.01. The van der Waals surface area contributed by atoms with Gasteiger partial charge in [-0.3, -0.25) is 14.5 Å². The van der Waals surface area contributed by atoms with E-state index in [1.54, 1.807) is 24.1 Å². The largest absolute Gasteiger partial charge is 0.383 e. The molecule has 2 aromatic rings. The van der Waals surface area contributed by atoms with Gasteiger partial charge in [-0.25, -0.2) is 0 Å². The molecule has 0 atom stereocenters. The normalized spacial score (nSPS) is 10.8. The highest BCUT2D eigenvalue weighted by molar-refractivity contribution is 6.31. The number of rotatable bonds is 9. The number of carbonyl (C=O) groups excluding carboxylic acids is 2. The van der Waals surface area contributed by atoms with Gasteiger partial charge in [-0.1, -0.05) is 29.8 Å². The van der Waals surface area contributed by atoms with Crippen molar-refractivity contribution in [1.82, 2.24) is 4.90 Å². The van der Waals surface area contributed by atoms with Gasteiger partial charge in [0.1, 0.15) is 0 Å². The Balaban J connectivity index is 2.00. The molecule has 0 spiro atoms. The quantitative estimate of drug-likeness (QED) is 0.651. The van der Waals surface area contributed by atoms with Crippen LogP contribution in [-0.4, -0.2) is 50.1 Å². The molecular formula is C22H28ClN3O3. The van der Waals surface area contributed by atoms with Gasteiger partial charge in [0.05, 0.1) is 19.7 Å². The predicted octanol–water partition coefficient (Wildman–Crippen LogP) is 3.79. The number of benzene rings is 2. The van der Waals surface area contributed by atoms with E-state index in [0.717, 1.165) is 22.4 Å². The molecule has 0 unspecified atom stereocenters. The molecule has 2 amide bonds. The Morgan fingerprint density at radius 1 is 0.966 bits per heavy atom. The number of aryl methyl sites for hydroxylation is 2. The van der Waals surface area contributed by atoms with E-state index in [4.69, 9.17) is 16.3 Å². The number of halogens is 1. The molecule has 0 heterocycles. The number of amides is 2. The molecule has 2 aromatic carbocycles. The molecule has 0 bridgehead atoms. The van der Waals surface area contributed by atoms with Gasteiger partial charge in [0.2, 0.25) is 11.8 Å². The van der Waals surface area contributed by atoms with Crippen molar-refractivity contribution >= 4 is 34.8 Å². The Morgan fingerprint density at radius 2 is 1.62 bits per heavy atom. The summed E-state index contributed by atoms with van der Waals surface area (Å²) in [5, 5.41) is 6.34. The number of hydrogen-bond donors (Lipinski definition) is 2. The summed E-state index contributed by atoms with van der Waals surface area (Å²) in [4.78, 5) is 26.8. The summed E-state index contributed by atoms with van der Waals surface area (Å²) in [7, 11) is 1.59.